The average Bonchev–Trinajstić information content (AvgIpc) is 1.93. The molecule has 0 aromatic rings. The predicted octanol–water partition coefficient (Wildman–Crippen LogP) is 3.16. The van der Waals surface area contributed by atoms with Crippen molar-refractivity contribution in [1.82, 2.24) is 0 Å². The van der Waals surface area contributed by atoms with E-state index in [1.54, 1.807) is 0 Å². The van der Waals surface area contributed by atoms with Crippen LogP contribution in [0.25, 0.3) is 0 Å². The van der Waals surface area contributed by atoms with Crippen molar-refractivity contribution < 1.29 is 0 Å². The minimum atomic E-state index is 0.848. The number of hydrogen-bond donors (Lipinski definition) is 0. The summed E-state index contributed by atoms with van der Waals surface area (Å²) in [6.07, 6.45) is 11.8. The molecule has 56 valence electrons. The molecule has 0 bridgehead atoms. The van der Waals surface area contributed by atoms with E-state index in [0.29, 0.717) is 0 Å². The molecule has 0 nitrogen and oxygen atoms in total. The molecule has 2 atom stereocenters. The maximum atomic E-state index is 2.33. The average molecular weight is 136 g/mol. The van der Waals surface area contributed by atoms with Gasteiger partial charge in [0.1, 0.15) is 0 Å². The zero-order valence-electron chi connectivity index (χ0n) is 6.88. The van der Waals surface area contributed by atoms with E-state index in [1.165, 1.54) is 12.8 Å². The van der Waals surface area contributed by atoms with Gasteiger partial charge in [-0.25, -0.2) is 0 Å². The van der Waals surface area contributed by atoms with Gasteiger partial charge in [0.05, 0.1) is 0 Å². The van der Waals surface area contributed by atoms with Crippen LogP contribution in [0.5, 0.6) is 0 Å². The first-order valence-corrected chi connectivity index (χ1v) is 4.14. The van der Waals surface area contributed by atoms with E-state index in [-0.39, 0.29) is 0 Å². The van der Waals surface area contributed by atoms with Crippen LogP contribution in [-0.4, -0.2) is 0 Å². The third kappa shape index (κ3) is 1.50. The third-order valence-electron chi connectivity index (χ3n) is 2.26. The highest BCUT2D eigenvalue weighted by atomic mass is 14.3. The molecule has 0 N–H and O–H groups in total. The second-order valence-electron chi connectivity index (χ2n) is 2.96. The highest BCUT2D eigenvalue weighted by Gasteiger charge is 2.25. The highest BCUT2D eigenvalue weighted by Crippen LogP contribution is 2.36. The van der Waals surface area contributed by atoms with Gasteiger partial charge >= 0.3 is 0 Å². The molecule has 0 spiro atoms. The Bertz CT molecular complexity index is 124. The Balaban J connectivity index is 2.35. The normalized spacial score (nSPS) is 33.4. The van der Waals surface area contributed by atoms with E-state index < -0.39 is 0 Å². The molecule has 0 radical (unpaired) electrons. The molecule has 0 heteroatoms. The van der Waals surface area contributed by atoms with Crippen LogP contribution in [0.1, 0.15) is 26.7 Å². The molecule has 10 heavy (non-hydrogen) atoms. The van der Waals surface area contributed by atoms with Crippen molar-refractivity contribution in [3.8, 4) is 0 Å². The van der Waals surface area contributed by atoms with Crippen LogP contribution in [0.4, 0.5) is 0 Å². The van der Waals surface area contributed by atoms with Crippen LogP contribution < -0.4 is 0 Å². The minimum Gasteiger partial charge on any atom is -0.0914 e. The quantitative estimate of drug-likeness (QED) is 0.511. The second kappa shape index (κ2) is 3.60. The van der Waals surface area contributed by atoms with Crippen LogP contribution in [0.15, 0.2) is 24.3 Å². The highest BCUT2D eigenvalue weighted by molar-refractivity contribution is 5.03. The van der Waals surface area contributed by atoms with E-state index in [0.717, 1.165) is 11.8 Å². The first-order valence-electron chi connectivity index (χ1n) is 4.14. The summed E-state index contributed by atoms with van der Waals surface area (Å²) in [6.45, 7) is 4.20. The Hall–Kier alpha value is -0.520. The topological polar surface area (TPSA) is 0 Å². The van der Waals surface area contributed by atoms with Gasteiger partial charge in [0.2, 0.25) is 0 Å². The standard InChI is InChI=1S/C10H16/c1-3-5-9-7-8-10(9)6-4-2/h3-6,9-10H,7-8H2,1-2H3/b5-3-,6-4-. The molecule has 0 heterocycles. The molecular weight excluding hydrogens is 120 g/mol. The fraction of sp³-hybridized carbons (Fsp3) is 0.600. The minimum absolute atomic E-state index is 0.848. The first kappa shape index (κ1) is 7.59. The van der Waals surface area contributed by atoms with Gasteiger partial charge in [-0.3, -0.25) is 0 Å². The molecule has 1 rings (SSSR count). The third-order valence-corrected chi connectivity index (χ3v) is 2.26. The SMILES string of the molecule is C/C=C\C1CCC1/C=C\C. The van der Waals surface area contributed by atoms with Gasteiger partial charge < -0.3 is 0 Å². The van der Waals surface area contributed by atoms with Crippen LogP contribution >= 0.6 is 0 Å². The Kier molecular flexibility index (Phi) is 2.73. The van der Waals surface area contributed by atoms with E-state index in [9.17, 15) is 0 Å². The van der Waals surface area contributed by atoms with Crippen LogP contribution in [0.3, 0.4) is 0 Å². The summed E-state index contributed by atoms with van der Waals surface area (Å²) < 4.78 is 0. The zero-order valence-corrected chi connectivity index (χ0v) is 6.88. The summed E-state index contributed by atoms with van der Waals surface area (Å²) >= 11 is 0. The molecule has 1 saturated carbocycles. The lowest BCUT2D eigenvalue weighted by atomic mass is 9.73. The molecule has 0 aromatic carbocycles. The van der Waals surface area contributed by atoms with Crippen molar-refractivity contribution in [2.45, 2.75) is 26.7 Å². The largest absolute Gasteiger partial charge is 0.0914 e. The summed E-state index contributed by atoms with van der Waals surface area (Å²) in [4.78, 5) is 0. The lowest BCUT2D eigenvalue weighted by Gasteiger charge is -2.32. The van der Waals surface area contributed by atoms with Crippen molar-refractivity contribution >= 4 is 0 Å². The number of hydrogen-bond acceptors (Lipinski definition) is 0. The first-order chi connectivity index (χ1) is 4.88. The molecular formula is C10H16. The number of rotatable bonds is 2. The maximum absolute atomic E-state index is 2.33. The van der Waals surface area contributed by atoms with E-state index >= 15 is 0 Å². The fourth-order valence-corrected chi connectivity index (χ4v) is 1.52. The molecule has 2 unspecified atom stereocenters. The summed E-state index contributed by atoms with van der Waals surface area (Å²) in [5, 5.41) is 0. The van der Waals surface area contributed by atoms with Gasteiger partial charge in [-0.2, -0.15) is 0 Å². The zero-order chi connectivity index (χ0) is 7.40. The molecule has 0 aromatic heterocycles. The van der Waals surface area contributed by atoms with E-state index in [4.69, 9.17) is 0 Å². The molecule has 0 saturated heterocycles. The van der Waals surface area contributed by atoms with Crippen LogP contribution in [0.2, 0.25) is 0 Å². The Morgan fingerprint density at radius 1 is 0.900 bits per heavy atom. The van der Waals surface area contributed by atoms with Gasteiger partial charge in [0.15, 0.2) is 0 Å². The summed E-state index contributed by atoms with van der Waals surface area (Å²) in [5.74, 6) is 1.70. The van der Waals surface area contributed by atoms with Crippen molar-refractivity contribution in [3.63, 3.8) is 0 Å². The smallest absolute Gasteiger partial charge is 0.0170 e. The van der Waals surface area contributed by atoms with Crippen LogP contribution in [-0.2, 0) is 0 Å². The molecule has 0 amide bonds. The lowest BCUT2D eigenvalue weighted by molar-refractivity contribution is 0.286. The van der Waals surface area contributed by atoms with Crippen molar-refractivity contribution in [2.75, 3.05) is 0 Å². The lowest BCUT2D eigenvalue weighted by Crippen LogP contribution is -2.21. The molecule has 1 aliphatic carbocycles. The van der Waals surface area contributed by atoms with Gasteiger partial charge in [0, 0.05) is 0 Å². The van der Waals surface area contributed by atoms with Crippen molar-refractivity contribution in [1.29, 1.82) is 0 Å². The van der Waals surface area contributed by atoms with Crippen LogP contribution in [0, 0.1) is 11.8 Å². The monoisotopic (exact) mass is 136 g/mol. The van der Waals surface area contributed by atoms with Gasteiger partial charge in [-0.15, -0.1) is 0 Å². The Labute approximate surface area is 63.6 Å². The van der Waals surface area contributed by atoms with E-state index in [1.807, 2.05) is 0 Å². The van der Waals surface area contributed by atoms with Crippen molar-refractivity contribution in [3.05, 3.63) is 24.3 Å². The second-order valence-corrected chi connectivity index (χ2v) is 2.96. The molecule has 0 aliphatic heterocycles. The Morgan fingerprint density at radius 3 is 1.50 bits per heavy atom. The maximum Gasteiger partial charge on any atom is -0.0170 e. The van der Waals surface area contributed by atoms with Crippen molar-refractivity contribution in [2.24, 2.45) is 11.8 Å². The summed E-state index contributed by atoms with van der Waals surface area (Å²) in [5.41, 5.74) is 0. The predicted molar refractivity (Wildman–Crippen MR) is 45.8 cm³/mol. The number of allylic oxidation sites excluding steroid dienone is 4. The Morgan fingerprint density at radius 2 is 1.30 bits per heavy atom. The van der Waals surface area contributed by atoms with Gasteiger partial charge in [-0.05, 0) is 38.5 Å². The molecule has 1 aliphatic rings. The van der Waals surface area contributed by atoms with E-state index in [2.05, 4.69) is 38.2 Å². The van der Waals surface area contributed by atoms with Gasteiger partial charge in [0.25, 0.3) is 0 Å². The summed E-state index contributed by atoms with van der Waals surface area (Å²) in [6, 6.07) is 0. The molecule has 1 fully saturated rings. The van der Waals surface area contributed by atoms with Gasteiger partial charge in [-0.1, -0.05) is 24.3 Å². The fourth-order valence-electron chi connectivity index (χ4n) is 1.52. The summed E-state index contributed by atoms with van der Waals surface area (Å²) in [7, 11) is 0.